The van der Waals surface area contributed by atoms with E-state index in [0.717, 1.165) is 28.4 Å². The van der Waals surface area contributed by atoms with Gasteiger partial charge in [0.1, 0.15) is 6.04 Å². The molecule has 0 aromatic heterocycles. The maximum Gasteiger partial charge on any atom is 0.134 e. The Hall–Kier alpha value is -1.20. The van der Waals surface area contributed by atoms with Gasteiger partial charge < -0.3 is 4.90 Å². The normalized spacial score (nSPS) is 19.3. The highest BCUT2D eigenvalue weighted by atomic mass is 35.5. The number of aryl methyl sites for hydroxylation is 2. The van der Waals surface area contributed by atoms with Gasteiger partial charge in [0.25, 0.3) is 0 Å². The highest BCUT2D eigenvalue weighted by molar-refractivity contribution is 6.33. The van der Waals surface area contributed by atoms with Gasteiger partial charge in [0.15, 0.2) is 0 Å². The Morgan fingerprint density at radius 3 is 2.71 bits per heavy atom. The van der Waals surface area contributed by atoms with Gasteiger partial charge in [0, 0.05) is 0 Å². The minimum Gasteiger partial charge on any atom is -0.350 e. The van der Waals surface area contributed by atoms with E-state index in [1.165, 1.54) is 0 Å². The number of nitriles is 1. The van der Waals surface area contributed by atoms with Crippen LogP contribution in [0.15, 0.2) is 12.1 Å². The van der Waals surface area contributed by atoms with E-state index >= 15 is 0 Å². The van der Waals surface area contributed by atoms with Gasteiger partial charge >= 0.3 is 0 Å². The quantitative estimate of drug-likeness (QED) is 0.661. The first-order chi connectivity index (χ1) is 6.63. The number of hydrogen-bond donors (Lipinski definition) is 0. The summed E-state index contributed by atoms with van der Waals surface area (Å²) in [4.78, 5) is 2.02. The van der Waals surface area contributed by atoms with Crippen LogP contribution in [-0.2, 0) is 0 Å². The van der Waals surface area contributed by atoms with Gasteiger partial charge in [-0.3, -0.25) is 0 Å². The first-order valence-corrected chi connectivity index (χ1v) is 4.94. The predicted molar refractivity (Wildman–Crippen MR) is 57.7 cm³/mol. The van der Waals surface area contributed by atoms with Gasteiger partial charge in [-0.05, 0) is 31.0 Å². The first kappa shape index (κ1) is 9.36. The minimum atomic E-state index is 0.0221. The largest absolute Gasteiger partial charge is 0.350 e. The molecular weight excluding hydrogens is 196 g/mol. The number of anilines is 1. The summed E-state index contributed by atoms with van der Waals surface area (Å²) in [7, 11) is 0. The van der Waals surface area contributed by atoms with Crippen LogP contribution in [0.3, 0.4) is 0 Å². The van der Waals surface area contributed by atoms with Crippen LogP contribution in [0.4, 0.5) is 5.69 Å². The smallest absolute Gasteiger partial charge is 0.134 e. The average molecular weight is 207 g/mol. The summed E-state index contributed by atoms with van der Waals surface area (Å²) in [5, 5.41) is 9.49. The topological polar surface area (TPSA) is 26.8 Å². The Morgan fingerprint density at radius 1 is 1.50 bits per heavy atom. The van der Waals surface area contributed by atoms with Crippen molar-refractivity contribution in [1.82, 2.24) is 0 Å². The molecule has 1 atom stereocenters. The number of halogens is 1. The predicted octanol–water partition coefficient (Wildman–Crippen LogP) is 2.67. The molecule has 2 rings (SSSR count). The van der Waals surface area contributed by atoms with Crippen molar-refractivity contribution < 1.29 is 0 Å². The lowest BCUT2D eigenvalue weighted by Gasteiger charge is -2.10. The minimum absolute atomic E-state index is 0.0221. The molecule has 3 heteroatoms. The second kappa shape index (κ2) is 3.18. The molecule has 14 heavy (non-hydrogen) atoms. The van der Waals surface area contributed by atoms with Crippen LogP contribution in [0.5, 0.6) is 0 Å². The summed E-state index contributed by atoms with van der Waals surface area (Å²) >= 11 is 6.14. The van der Waals surface area contributed by atoms with E-state index in [-0.39, 0.29) is 6.04 Å². The Morgan fingerprint density at radius 2 is 2.21 bits per heavy atom. The van der Waals surface area contributed by atoms with E-state index in [0.29, 0.717) is 0 Å². The van der Waals surface area contributed by atoms with Crippen LogP contribution in [0.2, 0.25) is 5.02 Å². The molecule has 1 aromatic rings. The molecule has 1 aromatic carbocycles. The molecule has 1 heterocycles. The molecule has 1 unspecified atom stereocenters. The molecule has 0 amide bonds. The zero-order valence-corrected chi connectivity index (χ0v) is 8.97. The summed E-state index contributed by atoms with van der Waals surface area (Å²) in [5.41, 5.74) is 3.32. The summed E-state index contributed by atoms with van der Waals surface area (Å²) < 4.78 is 0. The zero-order valence-electron chi connectivity index (χ0n) is 8.21. The van der Waals surface area contributed by atoms with Crippen molar-refractivity contribution >= 4 is 17.3 Å². The molecule has 0 N–H and O–H groups in total. The molecule has 0 radical (unpaired) electrons. The molecule has 1 aliphatic rings. The summed E-state index contributed by atoms with van der Waals surface area (Å²) in [6.07, 6.45) is 0. The molecule has 72 valence electrons. The highest BCUT2D eigenvalue weighted by Gasteiger charge is 2.36. The van der Waals surface area contributed by atoms with Crippen molar-refractivity contribution in [3.05, 3.63) is 28.3 Å². The second-order valence-electron chi connectivity index (χ2n) is 3.71. The monoisotopic (exact) mass is 206 g/mol. The third-order valence-corrected chi connectivity index (χ3v) is 2.73. The molecule has 0 bridgehead atoms. The van der Waals surface area contributed by atoms with Gasteiger partial charge in [-0.1, -0.05) is 17.7 Å². The van der Waals surface area contributed by atoms with E-state index in [2.05, 4.69) is 12.1 Å². The van der Waals surface area contributed by atoms with Gasteiger partial charge in [-0.15, -0.1) is 0 Å². The first-order valence-electron chi connectivity index (χ1n) is 4.56. The van der Waals surface area contributed by atoms with Crippen molar-refractivity contribution in [2.24, 2.45) is 0 Å². The summed E-state index contributed by atoms with van der Waals surface area (Å²) in [5.74, 6) is 0. The number of hydrogen-bond acceptors (Lipinski definition) is 2. The lowest BCUT2D eigenvalue weighted by atomic mass is 10.1. The maximum absolute atomic E-state index is 8.74. The average Bonchev–Trinajstić information content (AvgIpc) is 2.81. The fourth-order valence-corrected chi connectivity index (χ4v) is 2.20. The van der Waals surface area contributed by atoms with Crippen molar-refractivity contribution in [3.63, 3.8) is 0 Å². The van der Waals surface area contributed by atoms with Crippen LogP contribution >= 0.6 is 11.6 Å². The van der Waals surface area contributed by atoms with Crippen LogP contribution in [0, 0.1) is 25.2 Å². The Labute approximate surface area is 88.7 Å². The van der Waals surface area contributed by atoms with E-state index < -0.39 is 0 Å². The zero-order chi connectivity index (χ0) is 10.3. The van der Waals surface area contributed by atoms with E-state index in [1.54, 1.807) is 0 Å². The van der Waals surface area contributed by atoms with Gasteiger partial charge in [0.05, 0.1) is 23.3 Å². The molecule has 2 nitrogen and oxygen atoms in total. The highest BCUT2D eigenvalue weighted by Crippen LogP contribution is 2.37. The Balaban J connectivity index is 2.40. The lowest BCUT2D eigenvalue weighted by Crippen LogP contribution is -2.00. The van der Waals surface area contributed by atoms with Crippen molar-refractivity contribution in [2.75, 3.05) is 11.4 Å². The summed E-state index contributed by atoms with van der Waals surface area (Å²) in [6.45, 7) is 4.85. The molecule has 0 saturated carbocycles. The number of rotatable bonds is 1. The molecular formula is C11H11ClN2. The van der Waals surface area contributed by atoms with Crippen molar-refractivity contribution in [2.45, 2.75) is 19.9 Å². The van der Waals surface area contributed by atoms with E-state index in [1.807, 2.05) is 24.8 Å². The van der Waals surface area contributed by atoms with Gasteiger partial charge in [-0.2, -0.15) is 5.26 Å². The third-order valence-electron chi connectivity index (χ3n) is 2.45. The maximum atomic E-state index is 8.74. The van der Waals surface area contributed by atoms with Crippen LogP contribution in [0.25, 0.3) is 0 Å². The van der Waals surface area contributed by atoms with Gasteiger partial charge in [-0.25, -0.2) is 0 Å². The van der Waals surface area contributed by atoms with Crippen LogP contribution in [-0.4, -0.2) is 12.6 Å². The standard InChI is InChI=1S/C11H11ClN2/c1-7-3-8(2)11(10(12)4-7)14-6-9(14)5-13/h3-4,9H,6H2,1-2H3. The second-order valence-corrected chi connectivity index (χ2v) is 4.12. The number of nitrogens with zero attached hydrogens (tertiary/aromatic N) is 2. The van der Waals surface area contributed by atoms with Gasteiger partial charge in [0.2, 0.25) is 0 Å². The van der Waals surface area contributed by atoms with E-state index in [9.17, 15) is 0 Å². The molecule has 0 aliphatic carbocycles. The van der Waals surface area contributed by atoms with Crippen molar-refractivity contribution in [3.8, 4) is 6.07 Å². The fraction of sp³-hybridized carbons (Fsp3) is 0.364. The molecule has 1 saturated heterocycles. The molecule has 1 fully saturated rings. The Bertz CT molecular complexity index is 397. The lowest BCUT2D eigenvalue weighted by molar-refractivity contribution is 1.23. The van der Waals surface area contributed by atoms with Crippen molar-refractivity contribution in [1.29, 1.82) is 5.26 Å². The third kappa shape index (κ3) is 1.44. The molecule has 0 spiro atoms. The van der Waals surface area contributed by atoms with Crippen LogP contribution in [0.1, 0.15) is 11.1 Å². The molecule has 1 aliphatic heterocycles. The summed E-state index contributed by atoms with van der Waals surface area (Å²) in [6, 6.07) is 6.28. The number of benzene rings is 1. The Kier molecular flexibility index (Phi) is 2.13. The fourth-order valence-electron chi connectivity index (χ4n) is 1.77. The van der Waals surface area contributed by atoms with E-state index in [4.69, 9.17) is 16.9 Å². The van der Waals surface area contributed by atoms with Crippen LogP contribution < -0.4 is 4.90 Å². The SMILES string of the molecule is Cc1cc(C)c(N2CC2C#N)c(Cl)c1.